The number of hydrogen-bond donors (Lipinski definition) is 0. The summed E-state index contributed by atoms with van der Waals surface area (Å²) in [6, 6.07) is 6.24. The van der Waals surface area contributed by atoms with Crippen molar-refractivity contribution in [1.29, 1.82) is 0 Å². The number of ether oxygens (including phenoxy) is 1. The molecule has 0 saturated carbocycles. The van der Waals surface area contributed by atoms with Gasteiger partial charge in [0.15, 0.2) is 5.17 Å². The van der Waals surface area contributed by atoms with Gasteiger partial charge >= 0.3 is 0 Å². The highest BCUT2D eigenvalue weighted by atomic mass is 32.2. The molecule has 0 aliphatic carbocycles. The Morgan fingerprint density at radius 1 is 1.25 bits per heavy atom. The van der Waals surface area contributed by atoms with Crippen LogP contribution in [0.5, 0.6) is 5.75 Å². The predicted molar refractivity (Wildman–Crippen MR) is 96.3 cm³/mol. The molecule has 0 spiro atoms. The van der Waals surface area contributed by atoms with Crippen LogP contribution < -0.4 is 4.74 Å². The maximum absolute atomic E-state index is 12.8. The summed E-state index contributed by atoms with van der Waals surface area (Å²) in [5, 5.41) is 3.13. The monoisotopic (exact) mass is 343 g/mol. The molecular formula is C18H21N3O2S. The quantitative estimate of drug-likeness (QED) is 0.845. The first kappa shape index (κ1) is 15.6. The molecule has 4 rings (SSSR count). The molecule has 0 atom stereocenters. The fourth-order valence-corrected chi connectivity index (χ4v) is 4.41. The van der Waals surface area contributed by atoms with Crippen molar-refractivity contribution in [3.63, 3.8) is 0 Å². The first-order valence-corrected chi connectivity index (χ1v) is 9.24. The third-order valence-electron chi connectivity index (χ3n) is 4.85. The standard InChI is InChI=1S/C18H21N3O2S/c1-23-16-3-2-13-4-7-20(8-5-14(13)10-16)17(22)11-15-12-24-18-19-6-9-21(15)18/h2-3,10,12H,4-9,11H2,1H3. The smallest absolute Gasteiger partial charge is 0.228 e. The first-order chi connectivity index (χ1) is 11.7. The van der Waals surface area contributed by atoms with Crippen molar-refractivity contribution in [2.45, 2.75) is 19.3 Å². The van der Waals surface area contributed by atoms with E-state index in [-0.39, 0.29) is 5.91 Å². The van der Waals surface area contributed by atoms with Crippen LogP contribution in [-0.4, -0.2) is 54.2 Å². The molecule has 3 aliphatic rings. The van der Waals surface area contributed by atoms with Gasteiger partial charge in [0.1, 0.15) is 5.75 Å². The fraction of sp³-hybridized carbons (Fsp3) is 0.444. The number of carbonyl (C=O) groups excluding carboxylic acids is 1. The van der Waals surface area contributed by atoms with Crippen molar-refractivity contribution < 1.29 is 9.53 Å². The molecule has 5 nitrogen and oxygen atoms in total. The highest BCUT2D eigenvalue weighted by molar-refractivity contribution is 8.16. The van der Waals surface area contributed by atoms with Crippen molar-refractivity contribution in [3.05, 3.63) is 40.4 Å². The summed E-state index contributed by atoms with van der Waals surface area (Å²) in [5.41, 5.74) is 3.73. The number of amidine groups is 1. The van der Waals surface area contributed by atoms with Crippen LogP contribution in [0.4, 0.5) is 0 Å². The maximum Gasteiger partial charge on any atom is 0.228 e. The Morgan fingerprint density at radius 3 is 2.92 bits per heavy atom. The SMILES string of the molecule is COc1ccc2c(c1)CCN(C(=O)CC1=CSC3=NCCN13)CC2. The van der Waals surface area contributed by atoms with E-state index in [1.807, 2.05) is 11.0 Å². The molecule has 0 fully saturated rings. The number of carbonyl (C=O) groups is 1. The van der Waals surface area contributed by atoms with Gasteiger partial charge in [-0.15, -0.1) is 0 Å². The number of benzene rings is 1. The van der Waals surface area contributed by atoms with Gasteiger partial charge in [-0.1, -0.05) is 17.8 Å². The second-order valence-corrected chi connectivity index (χ2v) is 7.07. The zero-order valence-corrected chi connectivity index (χ0v) is 14.6. The van der Waals surface area contributed by atoms with Crippen LogP contribution in [0, 0.1) is 0 Å². The van der Waals surface area contributed by atoms with Gasteiger partial charge in [0, 0.05) is 25.3 Å². The Labute approximate surface area is 146 Å². The van der Waals surface area contributed by atoms with Gasteiger partial charge in [0.25, 0.3) is 0 Å². The number of rotatable bonds is 3. The molecule has 3 aliphatic heterocycles. The van der Waals surface area contributed by atoms with Gasteiger partial charge in [-0.05, 0) is 41.5 Å². The third kappa shape index (κ3) is 2.90. The lowest BCUT2D eigenvalue weighted by molar-refractivity contribution is -0.130. The average molecular weight is 343 g/mol. The van der Waals surface area contributed by atoms with E-state index < -0.39 is 0 Å². The van der Waals surface area contributed by atoms with Crippen molar-refractivity contribution in [2.75, 3.05) is 33.3 Å². The lowest BCUT2D eigenvalue weighted by atomic mass is 10.0. The van der Waals surface area contributed by atoms with E-state index in [4.69, 9.17) is 4.74 Å². The third-order valence-corrected chi connectivity index (χ3v) is 5.80. The van der Waals surface area contributed by atoms with Crippen LogP contribution in [0.2, 0.25) is 0 Å². The minimum Gasteiger partial charge on any atom is -0.497 e. The van der Waals surface area contributed by atoms with E-state index in [9.17, 15) is 4.79 Å². The highest BCUT2D eigenvalue weighted by Crippen LogP contribution is 2.31. The topological polar surface area (TPSA) is 45.1 Å². The van der Waals surface area contributed by atoms with E-state index in [1.165, 1.54) is 11.1 Å². The summed E-state index contributed by atoms with van der Waals surface area (Å²) < 4.78 is 5.32. The second-order valence-electron chi connectivity index (χ2n) is 6.24. The molecule has 1 aromatic carbocycles. The predicted octanol–water partition coefficient (Wildman–Crippen LogP) is 2.27. The molecule has 24 heavy (non-hydrogen) atoms. The van der Waals surface area contributed by atoms with Gasteiger partial charge in [-0.25, -0.2) is 0 Å². The van der Waals surface area contributed by atoms with E-state index in [0.717, 1.165) is 55.6 Å². The molecule has 6 heteroatoms. The zero-order valence-electron chi connectivity index (χ0n) is 13.8. The van der Waals surface area contributed by atoms with Gasteiger partial charge in [0.2, 0.25) is 5.91 Å². The number of thioether (sulfide) groups is 1. The zero-order chi connectivity index (χ0) is 16.5. The number of hydrogen-bond acceptors (Lipinski definition) is 5. The molecule has 3 heterocycles. The Hall–Kier alpha value is -1.95. The lowest BCUT2D eigenvalue weighted by Crippen LogP contribution is -2.35. The molecule has 0 radical (unpaired) electrons. The van der Waals surface area contributed by atoms with Crippen molar-refractivity contribution >= 4 is 22.8 Å². The van der Waals surface area contributed by atoms with E-state index in [2.05, 4.69) is 27.4 Å². The number of amides is 1. The summed E-state index contributed by atoms with van der Waals surface area (Å²) in [7, 11) is 1.69. The number of aliphatic imine (C=N–C) groups is 1. The second kappa shape index (κ2) is 6.51. The van der Waals surface area contributed by atoms with Gasteiger partial charge in [-0.2, -0.15) is 0 Å². The number of methoxy groups -OCH3 is 1. The summed E-state index contributed by atoms with van der Waals surface area (Å²) in [4.78, 5) is 21.4. The van der Waals surface area contributed by atoms with Gasteiger partial charge in [0.05, 0.1) is 20.1 Å². The Kier molecular flexibility index (Phi) is 4.22. The minimum absolute atomic E-state index is 0.217. The summed E-state index contributed by atoms with van der Waals surface area (Å²) in [6.45, 7) is 3.32. The van der Waals surface area contributed by atoms with Crippen LogP contribution in [-0.2, 0) is 17.6 Å². The molecule has 0 aromatic heterocycles. The van der Waals surface area contributed by atoms with Crippen molar-refractivity contribution in [3.8, 4) is 5.75 Å². The maximum atomic E-state index is 12.8. The van der Waals surface area contributed by atoms with Gasteiger partial charge < -0.3 is 14.5 Å². The van der Waals surface area contributed by atoms with Crippen LogP contribution in [0.25, 0.3) is 0 Å². The molecule has 1 amide bonds. The van der Waals surface area contributed by atoms with Crippen molar-refractivity contribution in [1.82, 2.24) is 9.80 Å². The van der Waals surface area contributed by atoms with Gasteiger partial charge in [-0.3, -0.25) is 9.79 Å². The summed E-state index contributed by atoms with van der Waals surface area (Å²) in [6.07, 6.45) is 2.28. The van der Waals surface area contributed by atoms with Crippen LogP contribution in [0.1, 0.15) is 17.5 Å². The normalized spacial score (nSPS) is 19.4. The molecule has 1 aromatic rings. The lowest BCUT2D eigenvalue weighted by Gasteiger charge is -2.23. The molecule has 0 bridgehead atoms. The molecule has 0 saturated heterocycles. The van der Waals surface area contributed by atoms with Crippen LogP contribution in [0.15, 0.2) is 34.3 Å². The fourth-order valence-electron chi connectivity index (χ4n) is 3.46. The Morgan fingerprint density at radius 2 is 2.08 bits per heavy atom. The van der Waals surface area contributed by atoms with E-state index in [1.54, 1.807) is 18.9 Å². The molecular weight excluding hydrogens is 322 g/mol. The number of fused-ring (bicyclic) bond motifs is 2. The first-order valence-electron chi connectivity index (χ1n) is 8.36. The van der Waals surface area contributed by atoms with E-state index >= 15 is 0 Å². The Bertz CT molecular complexity index is 729. The average Bonchev–Trinajstić information content (AvgIpc) is 3.14. The minimum atomic E-state index is 0.217. The summed E-state index contributed by atoms with van der Waals surface area (Å²) >= 11 is 1.64. The van der Waals surface area contributed by atoms with Crippen molar-refractivity contribution in [2.24, 2.45) is 4.99 Å². The summed E-state index contributed by atoms with van der Waals surface area (Å²) in [5.74, 6) is 1.11. The van der Waals surface area contributed by atoms with Crippen LogP contribution >= 0.6 is 11.8 Å². The molecule has 0 unspecified atom stereocenters. The molecule has 0 N–H and O–H groups in total. The highest BCUT2D eigenvalue weighted by Gasteiger charge is 2.29. The largest absolute Gasteiger partial charge is 0.497 e. The Balaban J connectivity index is 1.41. The number of nitrogens with zero attached hydrogens (tertiary/aromatic N) is 3. The molecule has 126 valence electrons. The van der Waals surface area contributed by atoms with Crippen LogP contribution in [0.3, 0.4) is 0 Å². The van der Waals surface area contributed by atoms with E-state index in [0.29, 0.717) is 6.42 Å².